The molecule has 5 nitrogen and oxygen atoms in total. The monoisotopic (exact) mass is 332 g/mol. The Bertz CT molecular complexity index is 802. The van der Waals surface area contributed by atoms with Gasteiger partial charge in [0.1, 0.15) is 0 Å². The highest BCUT2D eigenvalue weighted by Gasteiger charge is 2.13. The number of nitrogens with zero attached hydrogens (tertiary/aromatic N) is 1. The molecule has 2 aromatic carbocycles. The summed E-state index contributed by atoms with van der Waals surface area (Å²) in [6.45, 7) is 2.29. The average Bonchev–Trinajstić information content (AvgIpc) is 2.49. The number of sulfone groups is 1. The molecule has 2 amide bonds. The molecule has 0 saturated heterocycles. The van der Waals surface area contributed by atoms with E-state index in [1.807, 2.05) is 37.3 Å². The summed E-state index contributed by atoms with van der Waals surface area (Å²) >= 11 is 0. The molecule has 0 aliphatic heterocycles. The van der Waals surface area contributed by atoms with Gasteiger partial charge in [-0.15, -0.1) is 0 Å². The van der Waals surface area contributed by atoms with Gasteiger partial charge in [0.15, 0.2) is 9.84 Å². The van der Waals surface area contributed by atoms with Crippen LogP contribution in [0.2, 0.25) is 0 Å². The van der Waals surface area contributed by atoms with Crippen LogP contribution in [-0.4, -0.2) is 32.7 Å². The van der Waals surface area contributed by atoms with E-state index in [4.69, 9.17) is 0 Å². The molecule has 0 saturated carbocycles. The van der Waals surface area contributed by atoms with Crippen molar-refractivity contribution in [2.75, 3.05) is 18.6 Å². The smallest absolute Gasteiger partial charge is 0.321 e. The molecule has 0 aliphatic rings. The summed E-state index contributed by atoms with van der Waals surface area (Å²) < 4.78 is 23.3. The molecular weight excluding hydrogens is 312 g/mol. The Morgan fingerprint density at radius 3 is 2.39 bits per heavy atom. The van der Waals surface area contributed by atoms with Crippen molar-refractivity contribution in [3.05, 3.63) is 59.7 Å². The third-order valence-corrected chi connectivity index (χ3v) is 4.60. The summed E-state index contributed by atoms with van der Waals surface area (Å²) in [5, 5.41) is 2.77. The standard InChI is InChI=1S/C17H20N2O3S/c1-13-9-10-15(23(3,21)22)11-16(13)18-17(20)19(2)12-14-7-5-4-6-8-14/h4-11H,12H2,1-3H3,(H,18,20). The zero-order valence-electron chi connectivity index (χ0n) is 13.4. The molecule has 2 aromatic rings. The van der Waals surface area contributed by atoms with E-state index in [1.165, 1.54) is 12.1 Å². The van der Waals surface area contributed by atoms with Crippen molar-refractivity contribution >= 4 is 21.6 Å². The Balaban J connectivity index is 2.13. The SMILES string of the molecule is Cc1ccc(S(C)(=O)=O)cc1NC(=O)N(C)Cc1ccccc1. The van der Waals surface area contributed by atoms with Crippen LogP contribution in [-0.2, 0) is 16.4 Å². The number of anilines is 1. The molecule has 6 heteroatoms. The minimum absolute atomic E-state index is 0.184. The number of carbonyl (C=O) groups excluding carboxylic acids is 1. The van der Waals surface area contributed by atoms with Crippen molar-refractivity contribution in [1.29, 1.82) is 0 Å². The van der Waals surface area contributed by atoms with Gasteiger partial charge in [-0.2, -0.15) is 0 Å². The van der Waals surface area contributed by atoms with Crippen LogP contribution in [0.3, 0.4) is 0 Å². The molecule has 0 unspecified atom stereocenters. The molecule has 122 valence electrons. The van der Waals surface area contributed by atoms with Gasteiger partial charge in [-0.1, -0.05) is 36.4 Å². The Morgan fingerprint density at radius 2 is 1.78 bits per heavy atom. The Kier molecular flexibility index (Phi) is 5.05. The largest absolute Gasteiger partial charge is 0.323 e. The molecule has 0 bridgehead atoms. The van der Waals surface area contributed by atoms with Crippen molar-refractivity contribution in [3.63, 3.8) is 0 Å². The van der Waals surface area contributed by atoms with Gasteiger partial charge in [0.05, 0.1) is 4.90 Å². The molecule has 1 N–H and O–H groups in total. The van der Waals surface area contributed by atoms with Crippen LogP contribution in [0.1, 0.15) is 11.1 Å². The zero-order valence-corrected chi connectivity index (χ0v) is 14.2. The van der Waals surface area contributed by atoms with E-state index in [0.29, 0.717) is 12.2 Å². The molecule has 0 aromatic heterocycles. The van der Waals surface area contributed by atoms with Crippen LogP contribution in [0.4, 0.5) is 10.5 Å². The van der Waals surface area contributed by atoms with Gasteiger partial charge in [0.25, 0.3) is 0 Å². The summed E-state index contributed by atoms with van der Waals surface area (Å²) in [5.41, 5.74) is 2.32. The average molecular weight is 332 g/mol. The fourth-order valence-corrected chi connectivity index (χ4v) is 2.75. The molecular formula is C17H20N2O3S. The lowest BCUT2D eigenvalue weighted by Gasteiger charge is -2.19. The van der Waals surface area contributed by atoms with E-state index in [9.17, 15) is 13.2 Å². The number of aryl methyl sites for hydroxylation is 1. The number of amides is 2. The third kappa shape index (κ3) is 4.56. The molecule has 0 radical (unpaired) electrons. The van der Waals surface area contributed by atoms with Crippen LogP contribution in [0.15, 0.2) is 53.4 Å². The van der Waals surface area contributed by atoms with E-state index in [-0.39, 0.29) is 10.9 Å². The fraction of sp³-hybridized carbons (Fsp3) is 0.235. The van der Waals surface area contributed by atoms with Gasteiger partial charge < -0.3 is 10.2 Å². The summed E-state index contributed by atoms with van der Waals surface area (Å²) in [7, 11) is -1.62. The molecule has 23 heavy (non-hydrogen) atoms. The van der Waals surface area contributed by atoms with E-state index in [2.05, 4.69) is 5.32 Å². The highest BCUT2D eigenvalue weighted by atomic mass is 32.2. The first-order chi connectivity index (χ1) is 10.8. The molecule has 0 spiro atoms. The second-order valence-corrected chi connectivity index (χ2v) is 7.54. The molecule has 0 aliphatic carbocycles. The Morgan fingerprint density at radius 1 is 1.13 bits per heavy atom. The lowest BCUT2D eigenvalue weighted by molar-refractivity contribution is 0.220. The van der Waals surface area contributed by atoms with Crippen LogP contribution in [0.25, 0.3) is 0 Å². The van der Waals surface area contributed by atoms with E-state index in [0.717, 1.165) is 17.4 Å². The van der Waals surface area contributed by atoms with Gasteiger partial charge >= 0.3 is 6.03 Å². The first-order valence-electron chi connectivity index (χ1n) is 7.14. The number of benzene rings is 2. The van der Waals surface area contributed by atoms with Crippen molar-refractivity contribution < 1.29 is 13.2 Å². The second kappa shape index (κ2) is 6.83. The highest BCUT2D eigenvalue weighted by molar-refractivity contribution is 7.90. The topological polar surface area (TPSA) is 66.5 Å². The number of nitrogens with one attached hydrogen (secondary N) is 1. The van der Waals surface area contributed by atoms with E-state index in [1.54, 1.807) is 18.0 Å². The normalized spacial score (nSPS) is 11.1. The number of hydrogen-bond donors (Lipinski definition) is 1. The summed E-state index contributed by atoms with van der Waals surface area (Å²) in [5.74, 6) is 0. The van der Waals surface area contributed by atoms with E-state index >= 15 is 0 Å². The van der Waals surface area contributed by atoms with Crippen molar-refractivity contribution in [1.82, 2.24) is 4.90 Å². The quantitative estimate of drug-likeness (QED) is 0.936. The van der Waals surface area contributed by atoms with Gasteiger partial charge in [0.2, 0.25) is 0 Å². The van der Waals surface area contributed by atoms with Crippen molar-refractivity contribution in [2.45, 2.75) is 18.4 Å². The van der Waals surface area contributed by atoms with Gasteiger partial charge in [0, 0.05) is 25.5 Å². The Hall–Kier alpha value is -2.34. The van der Waals surface area contributed by atoms with Crippen LogP contribution >= 0.6 is 0 Å². The van der Waals surface area contributed by atoms with Crippen molar-refractivity contribution in [2.24, 2.45) is 0 Å². The van der Waals surface area contributed by atoms with Gasteiger partial charge in [-0.05, 0) is 30.2 Å². The summed E-state index contributed by atoms with van der Waals surface area (Å²) in [4.78, 5) is 14.0. The van der Waals surface area contributed by atoms with Crippen LogP contribution in [0.5, 0.6) is 0 Å². The minimum atomic E-state index is -3.31. The second-order valence-electron chi connectivity index (χ2n) is 5.52. The lowest BCUT2D eigenvalue weighted by atomic mass is 10.2. The lowest BCUT2D eigenvalue weighted by Crippen LogP contribution is -2.31. The maximum Gasteiger partial charge on any atom is 0.321 e. The minimum Gasteiger partial charge on any atom is -0.323 e. The number of carbonyl (C=O) groups is 1. The summed E-state index contributed by atoms with van der Waals surface area (Å²) in [6.07, 6.45) is 1.14. The first-order valence-corrected chi connectivity index (χ1v) is 9.03. The van der Waals surface area contributed by atoms with Gasteiger partial charge in [-0.3, -0.25) is 0 Å². The van der Waals surface area contributed by atoms with Gasteiger partial charge in [-0.25, -0.2) is 13.2 Å². The third-order valence-electron chi connectivity index (χ3n) is 3.49. The predicted molar refractivity (Wildman–Crippen MR) is 91.2 cm³/mol. The van der Waals surface area contributed by atoms with Crippen LogP contribution < -0.4 is 5.32 Å². The summed E-state index contributed by atoms with van der Waals surface area (Å²) in [6, 6.07) is 14.1. The maximum atomic E-state index is 12.3. The number of hydrogen-bond acceptors (Lipinski definition) is 3. The molecule has 2 rings (SSSR count). The molecule has 0 fully saturated rings. The molecule has 0 atom stereocenters. The zero-order chi connectivity index (χ0) is 17.0. The van der Waals surface area contributed by atoms with E-state index < -0.39 is 9.84 Å². The van der Waals surface area contributed by atoms with Crippen LogP contribution in [0, 0.1) is 6.92 Å². The molecule has 0 heterocycles. The predicted octanol–water partition coefficient (Wildman–Crippen LogP) is 3.06. The fourth-order valence-electron chi connectivity index (χ4n) is 2.11. The number of urea groups is 1. The Labute approximate surface area is 136 Å². The van der Waals surface area contributed by atoms with Crippen molar-refractivity contribution in [3.8, 4) is 0 Å². The number of rotatable bonds is 4. The maximum absolute atomic E-state index is 12.3. The first kappa shape index (κ1) is 17.0. The highest BCUT2D eigenvalue weighted by Crippen LogP contribution is 2.20.